The van der Waals surface area contributed by atoms with Gasteiger partial charge in [0, 0.05) is 19.2 Å². The van der Waals surface area contributed by atoms with Crippen LogP contribution in [-0.4, -0.2) is 68.5 Å². The van der Waals surface area contributed by atoms with E-state index in [0.29, 0.717) is 24.7 Å². The molecular weight excluding hydrogens is 338 g/mol. The van der Waals surface area contributed by atoms with Crippen molar-refractivity contribution in [3.05, 3.63) is 18.2 Å². The second kappa shape index (κ2) is 5.35. The van der Waals surface area contributed by atoms with E-state index in [2.05, 4.69) is 5.32 Å². The summed E-state index contributed by atoms with van der Waals surface area (Å²) in [5.41, 5.74) is 0. The minimum atomic E-state index is -3.71. The number of imide groups is 1. The molecular formula is C14H15N3O6S. The maximum absolute atomic E-state index is 12.6. The predicted molar refractivity (Wildman–Crippen MR) is 80.2 cm³/mol. The fourth-order valence-electron chi connectivity index (χ4n) is 2.91. The number of sulfonamides is 1. The summed E-state index contributed by atoms with van der Waals surface area (Å²) in [7, 11) is -3.71. The standard InChI is InChI=1S/C14H15N3O6S/c18-13-6-15-14(19)17(13)9-7-16(8-9)24(20,21)10-1-2-11-12(5-10)23-4-3-22-11/h1-2,5,9H,3-4,6-8H2,(H,15,19). The minimum absolute atomic E-state index is 0.0375. The van der Waals surface area contributed by atoms with E-state index < -0.39 is 22.1 Å². The van der Waals surface area contributed by atoms with Gasteiger partial charge in [0.05, 0.1) is 17.5 Å². The molecule has 3 heterocycles. The highest BCUT2D eigenvalue weighted by molar-refractivity contribution is 7.89. The van der Waals surface area contributed by atoms with Crippen molar-refractivity contribution in [2.45, 2.75) is 10.9 Å². The van der Waals surface area contributed by atoms with Crippen molar-refractivity contribution in [2.24, 2.45) is 0 Å². The SMILES string of the molecule is O=C1CNC(=O)N1C1CN(S(=O)(=O)c2ccc3c(c2)OCCO3)C1. The zero-order valence-corrected chi connectivity index (χ0v) is 13.4. The van der Waals surface area contributed by atoms with E-state index in [-0.39, 0.29) is 30.4 Å². The Kier molecular flexibility index (Phi) is 3.39. The van der Waals surface area contributed by atoms with Gasteiger partial charge in [-0.3, -0.25) is 9.69 Å². The molecule has 0 unspecified atom stereocenters. The number of nitrogens with zero attached hydrogens (tertiary/aromatic N) is 2. The molecule has 0 saturated carbocycles. The molecule has 3 aliphatic heterocycles. The molecule has 3 aliphatic rings. The average molecular weight is 353 g/mol. The van der Waals surface area contributed by atoms with E-state index in [4.69, 9.17) is 9.47 Å². The first kappa shape index (κ1) is 15.2. The number of carbonyl (C=O) groups is 2. The first-order chi connectivity index (χ1) is 11.5. The Hall–Kier alpha value is -2.33. The second-order valence-electron chi connectivity index (χ2n) is 5.70. The lowest BCUT2D eigenvalue weighted by atomic mass is 10.1. The Morgan fingerprint density at radius 3 is 2.46 bits per heavy atom. The first-order valence-electron chi connectivity index (χ1n) is 7.46. The van der Waals surface area contributed by atoms with Gasteiger partial charge in [0.25, 0.3) is 0 Å². The number of carbonyl (C=O) groups excluding carboxylic acids is 2. The van der Waals surface area contributed by atoms with E-state index in [0.717, 1.165) is 4.90 Å². The zero-order chi connectivity index (χ0) is 16.9. The molecule has 1 aromatic rings. The average Bonchev–Trinajstić information content (AvgIpc) is 2.85. The summed E-state index contributed by atoms with van der Waals surface area (Å²) < 4.78 is 37.3. The molecule has 2 saturated heterocycles. The third-order valence-corrected chi connectivity index (χ3v) is 6.05. The summed E-state index contributed by atoms with van der Waals surface area (Å²) in [6.07, 6.45) is 0. The summed E-state index contributed by atoms with van der Waals surface area (Å²) in [5.74, 6) is 0.580. The molecule has 0 radical (unpaired) electrons. The van der Waals surface area contributed by atoms with Crippen LogP contribution in [0.4, 0.5) is 4.79 Å². The fraction of sp³-hybridized carbons (Fsp3) is 0.429. The Morgan fingerprint density at radius 1 is 1.08 bits per heavy atom. The predicted octanol–water partition coefficient (Wildman–Crippen LogP) is -0.617. The third-order valence-electron chi connectivity index (χ3n) is 4.22. The maximum Gasteiger partial charge on any atom is 0.324 e. The van der Waals surface area contributed by atoms with Gasteiger partial charge in [-0.1, -0.05) is 0 Å². The minimum Gasteiger partial charge on any atom is -0.486 e. The number of hydrogen-bond acceptors (Lipinski definition) is 6. The van der Waals surface area contributed by atoms with Gasteiger partial charge in [-0.25, -0.2) is 13.2 Å². The number of ether oxygens (including phenoxy) is 2. The van der Waals surface area contributed by atoms with Crippen LogP contribution in [0.3, 0.4) is 0 Å². The second-order valence-corrected chi connectivity index (χ2v) is 7.64. The van der Waals surface area contributed by atoms with Crippen molar-refractivity contribution in [3.63, 3.8) is 0 Å². The van der Waals surface area contributed by atoms with Crippen molar-refractivity contribution in [3.8, 4) is 11.5 Å². The normalized spacial score (nSPS) is 21.6. The molecule has 0 bridgehead atoms. The number of rotatable bonds is 3. The quantitative estimate of drug-likeness (QED) is 0.727. The van der Waals surface area contributed by atoms with Gasteiger partial charge >= 0.3 is 6.03 Å². The van der Waals surface area contributed by atoms with Gasteiger partial charge in [0.15, 0.2) is 11.5 Å². The molecule has 1 N–H and O–H groups in total. The van der Waals surface area contributed by atoms with Crippen molar-refractivity contribution >= 4 is 22.0 Å². The van der Waals surface area contributed by atoms with Gasteiger partial charge in [0.2, 0.25) is 15.9 Å². The number of urea groups is 1. The molecule has 0 aliphatic carbocycles. The lowest BCUT2D eigenvalue weighted by molar-refractivity contribution is -0.128. The molecule has 24 heavy (non-hydrogen) atoms. The Labute approximate surface area is 138 Å². The fourth-order valence-corrected chi connectivity index (χ4v) is 4.44. The van der Waals surface area contributed by atoms with Crippen LogP contribution >= 0.6 is 0 Å². The van der Waals surface area contributed by atoms with Crippen molar-refractivity contribution in [2.75, 3.05) is 32.8 Å². The first-order valence-corrected chi connectivity index (χ1v) is 8.90. The van der Waals surface area contributed by atoms with Gasteiger partial charge < -0.3 is 14.8 Å². The molecule has 128 valence electrons. The van der Waals surface area contributed by atoms with Gasteiger partial charge in [-0.05, 0) is 12.1 Å². The van der Waals surface area contributed by atoms with Gasteiger partial charge in [0.1, 0.15) is 13.2 Å². The van der Waals surface area contributed by atoms with E-state index >= 15 is 0 Å². The highest BCUT2D eigenvalue weighted by atomic mass is 32.2. The third kappa shape index (κ3) is 2.29. The zero-order valence-electron chi connectivity index (χ0n) is 12.6. The molecule has 0 aromatic heterocycles. The van der Waals surface area contributed by atoms with Gasteiger partial charge in [-0.15, -0.1) is 0 Å². The number of hydrogen-bond donors (Lipinski definition) is 1. The topological polar surface area (TPSA) is 105 Å². The van der Waals surface area contributed by atoms with E-state index in [9.17, 15) is 18.0 Å². The molecule has 3 amide bonds. The van der Waals surface area contributed by atoms with Crippen LogP contribution in [0.25, 0.3) is 0 Å². The maximum atomic E-state index is 12.6. The summed E-state index contributed by atoms with van der Waals surface area (Å²) in [6.45, 7) is 0.948. The van der Waals surface area contributed by atoms with Crippen LogP contribution in [0, 0.1) is 0 Å². The highest BCUT2D eigenvalue weighted by Crippen LogP contribution is 2.34. The van der Waals surface area contributed by atoms with E-state index in [1.807, 2.05) is 0 Å². The van der Waals surface area contributed by atoms with Crippen molar-refractivity contribution in [1.29, 1.82) is 0 Å². The summed E-state index contributed by atoms with van der Waals surface area (Å²) in [4.78, 5) is 24.4. The molecule has 0 spiro atoms. The van der Waals surface area contributed by atoms with E-state index in [1.165, 1.54) is 16.4 Å². The van der Waals surface area contributed by atoms with Crippen LogP contribution in [0.2, 0.25) is 0 Å². The molecule has 1 aromatic carbocycles. The largest absolute Gasteiger partial charge is 0.486 e. The smallest absolute Gasteiger partial charge is 0.324 e. The lowest BCUT2D eigenvalue weighted by Crippen LogP contribution is -2.62. The van der Waals surface area contributed by atoms with E-state index in [1.54, 1.807) is 6.07 Å². The molecule has 10 heteroatoms. The van der Waals surface area contributed by atoms with Crippen LogP contribution in [0.15, 0.2) is 23.1 Å². The Bertz CT molecular complexity index is 802. The number of fused-ring (bicyclic) bond motifs is 1. The van der Waals surface area contributed by atoms with Crippen LogP contribution in [0.1, 0.15) is 0 Å². The summed E-state index contributed by atoms with van der Waals surface area (Å²) in [6, 6.07) is 3.57. The van der Waals surface area contributed by atoms with Crippen LogP contribution in [0.5, 0.6) is 11.5 Å². The molecule has 2 fully saturated rings. The van der Waals surface area contributed by atoms with Crippen LogP contribution in [-0.2, 0) is 14.8 Å². The highest BCUT2D eigenvalue weighted by Gasteiger charge is 2.45. The van der Waals surface area contributed by atoms with Crippen molar-refractivity contribution in [1.82, 2.24) is 14.5 Å². The number of benzene rings is 1. The van der Waals surface area contributed by atoms with Crippen LogP contribution < -0.4 is 14.8 Å². The lowest BCUT2D eigenvalue weighted by Gasteiger charge is -2.41. The monoisotopic (exact) mass is 353 g/mol. The van der Waals surface area contributed by atoms with Crippen molar-refractivity contribution < 1.29 is 27.5 Å². The van der Waals surface area contributed by atoms with Gasteiger partial charge in [-0.2, -0.15) is 4.31 Å². The molecule has 4 rings (SSSR count). The Morgan fingerprint density at radius 2 is 1.79 bits per heavy atom. The number of nitrogens with one attached hydrogen (secondary N) is 1. The summed E-state index contributed by atoms with van der Waals surface area (Å²) >= 11 is 0. The molecule has 9 nitrogen and oxygen atoms in total. The summed E-state index contributed by atoms with van der Waals surface area (Å²) in [5, 5.41) is 2.43. The Balaban J connectivity index is 1.51. The number of amides is 3. The molecule has 0 atom stereocenters.